The molecule has 5 heteroatoms. The molecule has 0 aliphatic carbocycles. The first-order valence-electron chi connectivity index (χ1n) is 4.09. The van der Waals surface area contributed by atoms with Crippen LogP contribution in [0.3, 0.4) is 0 Å². The molecule has 0 spiro atoms. The summed E-state index contributed by atoms with van der Waals surface area (Å²) in [4.78, 5) is 16.7. The third-order valence-electron chi connectivity index (χ3n) is 1.43. The SMILES string of the molecule is C1=[NH+]CCS1.O=C([O-])c1cccnc1. The normalized spacial score (nSPS) is 13.1. The molecular weight excluding hydrogens is 200 g/mol. The average molecular weight is 210 g/mol. The minimum Gasteiger partial charge on any atom is -0.545 e. The number of hydrogen-bond donors (Lipinski definition) is 1. The van der Waals surface area contributed by atoms with E-state index in [4.69, 9.17) is 0 Å². The largest absolute Gasteiger partial charge is 0.545 e. The Morgan fingerprint density at radius 2 is 2.50 bits per heavy atom. The third kappa shape index (κ3) is 4.04. The summed E-state index contributed by atoms with van der Waals surface area (Å²) in [5.74, 6) is 0.0584. The van der Waals surface area contributed by atoms with Gasteiger partial charge in [0, 0.05) is 18.0 Å². The number of rotatable bonds is 1. The van der Waals surface area contributed by atoms with Crippen molar-refractivity contribution in [3.05, 3.63) is 30.1 Å². The van der Waals surface area contributed by atoms with Gasteiger partial charge in [0.2, 0.25) is 0 Å². The molecule has 0 saturated carbocycles. The van der Waals surface area contributed by atoms with E-state index in [1.807, 2.05) is 17.3 Å². The van der Waals surface area contributed by atoms with Crippen molar-refractivity contribution in [3.8, 4) is 0 Å². The molecule has 0 saturated heterocycles. The van der Waals surface area contributed by atoms with Crippen molar-refractivity contribution < 1.29 is 14.9 Å². The van der Waals surface area contributed by atoms with Gasteiger partial charge in [-0.1, -0.05) is 17.8 Å². The number of hydrogen-bond acceptors (Lipinski definition) is 4. The summed E-state index contributed by atoms with van der Waals surface area (Å²) in [5.41, 5.74) is 2.14. The molecule has 4 nitrogen and oxygen atoms in total. The quantitative estimate of drug-likeness (QED) is 0.599. The first-order chi connectivity index (χ1) is 6.80. The van der Waals surface area contributed by atoms with Gasteiger partial charge in [-0.05, 0) is 6.07 Å². The van der Waals surface area contributed by atoms with Crippen LogP contribution in [-0.4, -0.2) is 28.8 Å². The Hall–Kier alpha value is -1.36. The van der Waals surface area contributed by atoms with Gasteiger partial charge in [0.05, 0.1) is 11.7 Å². The first kappa shape index (κ1) is 10.7. The lowest BCUT2D eigenvalue weighted by molar-refractivity contribution is -0.439. The molecule has 0 radical (unpaired) electrons. The Morgan fingerprint density at radius 1 is 1.64 bits per heavy atom. The Balaban J connectivity index is 0.000000165. The minimum absolute atomic E-state index is 0.109. The number of carboxylic acids is 1. The first-order valence-corrected chi connectivity index (χ1v) is 5.13. The number of carboxylic acid groups (broad SMARTS) is 1. The van der Waals surface area contributed by atoms with Crippen LogP contribution in [0, 0.1) is 0 Å². The Morgan fingerprint density at radius 3 is 2.79 bits per heavy atom. The maximum absolute atomic E-state index is 10.0. The molecule has 0 unspecified atom stereocenters. The van der Waals surface area contributed by atoms with E-state index in [2.05, 4.69) is 9.98 Å². The lowest BCUT2D eigenvalue weighted by Crippen LogP contribution is -2.65. The second-order valence-corrected chi connectivity index (χ2v) is 3.45. The number of thioether (sulfide) groups is 1. The summed E-state index contributed by atoms with van der Waals surface area (Å²) in [7, 11) is 0. The van der Waals surface area contributed by atoms with Crippen molar-refractivity contribution in [2.45, 2.75) is 0 Å². The zero-order valence-corrected chi connectivity index (χ0v) is 8.29. The van der Waals surface area contributed by atoms with Crippen molar-refractivity contribution in [1.29, 1.82) is 0 Å². The van der Waals surface area contributed by atoms with Crippen LogP contribution in [0.1, 0.15) is 10.4 Å². The number of nitrogens with zero attached hydrogens (tertiary/aromatic N) is 1. The molecule has 2 rings (SSSR count). The molecule has 14 heavy (non-hydrogen) atoms. The van der Waals surface area contributed by atoms with E-state index in [9.17, 15) is 9.90 Å². The van der Waals surface area contributed by atoms with E-state index in [0.717, 1.165) is 6.54 Å². The molecule has 1 aliphatic rings. The highest BCUT2D eigenvalue weighted by atomic mass is 32.2. The molecule has 0 fully saturated rings. The molecule has 2 heterocycles. The monoisotopic (exact) mass is 210 g/mol. The Bertz CT molecular complexity index is 308. The van der Waals surface area contributed by atoms with Crippen LogP contribution in [0.15, 0.2) is 24.5 Å². The van der Waals surface area contributed by atoms with Crippen LogP contribution in [0.5, 0.6) is 0 Å². The minimum atomic E-state index is -1.19. The van der Waals surface area contributed by atoms with Crippen LogP contribution >= 0.6 is 11.8 Å². The maximum Gasteiger partial charge on any atom is 0.196 e. The number of aromatic carboxylic acids is 1. The van der Waals surface area contributed by atoms with Crippen molar-refractivity contribution >= 4 is 23.3 Å². The summed E-state index contributed by atoms with van der Waals surface area (Å²) in [6.45, 7) is 1.16. The summed E-state index contributed by atoms with van der Waals surface area (Å²) >= 11 is 1.84. The fraction of sp³-hybridized carbons (Fsp3) is 0.222. The third-order valence-corrected chi connectivity index (χ3v) is 2.20. The van der Waals surface area contributed by atoms with Gasteiger partial charge < -0.3 is 9.90 Å². The van der Waals surface area contributed by atoms with E-state index in [1.54, 1.807) is 6.07 Å². The van der Waals surface area contributed by atoms with Gasteiger partial charge in [0.15, 0.2) is 12.1 Å². The smallest absolute Gasteiger partial charge is 0.196 e. The van der Waals surface area contributed by atoms with Crippen molar-refractivity contribution in [2.24, 2.45) is 0 Å². The molecule has 1 N–H and O–H groups in total. The standard InChI is InChI=1S/C6H5NO2.C3H5NS/c8-6(9)5-2-1-3-7-4-5;1-2-5-3-4-1/h1-4H,(H,8,9);3H,1-2H2. The van der Waals surface area contributed by atoms with Crippen LogP contribution in [-0.2, 0) is 0 Å². The van der Waals surface area contributed by atoms with E-state index >= 15 is 0 Å². The number of carbonyl (C=O) groups excluding carboxylic acids is 1. The Kier molecular flexibility index (Phi) is 4.71. The highest BCUT2D eigenvalue weighted by Crippen LogP contribution is 1.90. The predicted molar refractivity (Wildman–Crippen MR) is 52.9 cm³/mol. The van der Waals surface area contributed by atoms with Gasteiger partial charge in [-0.15, -0.1) is 0 Å². The van der Waals surface area contributed by atoms with E-state index in [1.165, 1.54) is 24.2 Å². The van der Waals surface area contributed by atoms with Gasteiger partial charge >= 0.3 is 0 Å². The molecular formula is C9H10N2O2S. The second-order valence-electron chi connectivity index (χ2n) is 2.47. The topological polar surface area (TPSA) is 67.0 Å². The van der Waals surface area contributed by atoms with Crippen molar-refractivity contribution in [1.82, 2.24) is 4.98 Å². The summed E-state index contributed by atoms with van der Waals surface area (Å²) in [6.07, 6.45) is 2.75. The lowest BCUT2D eigenvalue weighted by atomic mass is 10.3. The van der Waals surface area contributed by atoms with E-state index < -0.39 is 5.97 Å². The number of aromatic nitrogens is 1. The molecule has 1 aromatic heterocycles. The number of carbonyl (C=O) groups is 1. The second kappa shape index (κ2) is 6.15. The molecule has 0 atom stereocenters. The van der Waals surface area contributed by atoms with Gasteiger partial charge in [-0.25, -0.2) is 4.99 Å². The lowest BCUT2D eigenvalue weighted by Gasteiger charge is -1.97. The summed E-state index contributed by atoms with van der Waals surface area (Å²) in [5, 5.41) is 10.0. The zero-order chi connectivity index (χ0) is 10.2. The predicted octanol–water partition coefficient (Wildman–Crippen LogP) is -1.71. The number of nitrogens with one attached hydrogen (secondary N) is 1. The van der Waals surface area contributed by atoms with Crippen molar-refractivity contribution in [3.63, 3.8) is 0 Å². The average Bonchev–Trinajstić information content (AvgIpc) is 2.77. The van der Waals surface area contributed by atoms with Crippen LogP contribution in [0.25, 0.3) is 0 Å². The fourth-order valence-electron chi connectivity index (χ4n) is 0.778. The Labute approximate surface area is 86.1 Å². The van der Waals surface area contributed by atoms with Crippen molar-refractivity contribution in [2.75, 3.05) is 12.3 Å². The molecule has 0 aromatic carbocycles. The van der Waals surface area contributed by atoms with Crippen LogP contribution in [0.2, 0.25) is 0 Å². The maximum atomic E-state index is 10.0. The zero-order valence-electron chi connectivity index (χ0n) is 7.47. The highest BCUT2D eigenvalue weighted by molar-refractivity contribution is 8.12. The molecule has 1 aromatic rings. The fourth-order valence-corrected chi connectivity index (χ4v) is 1.37. The van der Waals surface area contributed by atoms with Gasteiger partial charge in [-0.3, -0.25) is 4.98 Å². The van der Waals surface area contributed by atoms with E-state index in [0.29, 0.717) is 0 Å². The highest BCUT2D eigenvalue weighted by Gasteiger charge is 1.93. The number of pyridine rings is 1. The summed E-state index contributed by atoms with van der Waals surface area (Å²) in [6, 6.07) is 2.98. The molecule has 1 aliphatic heterocycles. The van der Waals surface area contributed by atoms with Crippen LogP contribution < -0.4 is 10.1 Å². The molecule has 0 bridgehead atoms. The van der Waals surface area contributed by atoms with E-state index in [-0.39, 0.29) is 5.56 Å². The molecule has 74 valence electrons. The summed E-state index contributed by atoms with van der Waals surface area (Å²) < 4.78 is 0. The van der Waals surface area contributed by atoms with Gasteiger partial charge in [0.1, 0.15) is 0 Å². The van der Waals surface area contributed by atoms with Gasteiger partial charge in [0.25, 0.3) is 0 Å². The molecule has 0 amide bonds. The van der Waals surface area contributed by atoms with Crippen LogP contribution in [0.4, 0.5) is 0 Å². The van der Waals surface area contributed by atoms with Gasteiger partial charge in [-0.2, -0.15) is 0 Å².